The molecule has 3 nitrogen and oxygen atoms in total. The van der Waals surface area contributed by atoms with Crippen LogP contribution in [0.1, 0.15) is 33.3 Å². The lowest BCUT2D eigenvalue weighted by molar-refractivity contribution is 0.544. The summed E-state index contributed by atoms with van der Waals surface area (Å²) in [5, 5.41) is 3.22. The van der Waals surface area contributed by atoms with Crippen LogP contribution in [-0.2, 0) is 6.54 Å². The van der Waals surface area contributed by atoms with Crippen LogP contribution in [0.15, 0.2) is 24.9 Å². The quantitative estimate of drug-likeness (QED) is 0.768. The number of nitrogens with one attached hydrogen (secondary N) is 1. The molecule has 1 rings (SSSR count). The molecule has 1 aromatic rings. The molecule has 0 bridgehead atoms. The number of halogens is 1. The van der Waals surface area contributed by atoms with Crippen molar-refractivity contribution in [1.82, 2.24) is 10.3 Å². The molecule has 0 atom stereocenters. The van der Waals surface area contributed by atoms with Gasteiger partial charge in [-0.15, -0.1) is 6.58 Å². The maximum Gasteiger partial charge on any atom is 0.170 e. The normalized spacial score (nSPS) is 11.1. The summed E-state index contributed by atoms with van der Waals surface area (Å²) >= 11 is 0. The third-order valence-corrected chi connectivity index (χ3v) is 2.87. The smallest absolute Gasteiger partial charge is 0.170 e. The predicted octanol–water partition coefficient (Wildman–Crippen LogP) is 3.12. The molecule has 0 fully saturated rings. The van der Waals surface area contributed by atoms with Crippen molar-refractivity contribution < 1.29 is 4.39 Å². The second-order valence-electron chi connectivity index (χ2n) is 5.18. The molecule has 0 aliphatic heterocycles. The van der Waals surface area contributed by atoms with Gasteiger partial charge in [0.25, 0.3) is 0 Å². The Morgan fingerprint density at radius 2 is 2.11 bits per heavy atom. The van der Waals surface area contributed by atoms with Gasteiger partial charge < -0.3 is 10.2 Å². The van der Waals surface area contributed by atoms with Gasteiger partial charge in [0.1, 0.15) is 0 Å². The van der Waals surface area contributed by atoms with Crippen LogP contribution in [-0.4, -0.2) is 23.6 Å². The molecule has 0 aliphatic rings. The molecule has 1 aromatic heterocycles. The molecule has 0 aromatic carbocycles. The van der Waals surface area contributed by atoms with Crippen molar-refractivity contribution in [3.8, 4) is 0 Å². The fourth-order valence-electron chi connectivity index (χ4n) is 1.80. The van der Waals surface area contributed by atoms with E-state index in [1.165, 1.54) is 0 Å². The molecular weight excluding hydrogens is 241 g/mol. The minimum absolute atomic E-state index is 0.174. The van der Waals surface area contributed by atoms with Crippen molar-refractivity contribution >= 4 is 5.82 Å². The van der Waals surface area contributed by atoms with E-state index >= 15 is 0 Å². The maximum atomic E-state index is 14.5. The van der Waals surface area contributed by atoms with E-state index in [4.69, 9.17) is 0 Å². The Hall–Kier alpha value is -1.42. The van der Waals surface area contributed by atoms with E-state index in [1.54, 1.807) is 18.3 Å². The summed E-state index contributed by atoms with van der Waals surface area (Å²) in [5.74, 6) is 0.157. The second kappa shape index (κ2) is 7.24. The summed E-state index contributed by atoms with van der Waals surface area (Å²) in [6.07, 6.45) is 3.42. The third kappa shape index (κ3) is 4.31. The van der Waals surface area contributed by atoms with E-state index in [-0.39, 0.29) is 11.9 Å². The summed E-state index contributed by atoms with van der Waals surface area (Å²) < 4.78 is 14.5. The lowest BCUT2D eigenvalue weighted by Crippen LogP contribution is -2.33. The van der Waals surface area contributed by atoms with Gasteiger partial charge >= 0.3 is 0 Å². The van der Waals surface area contributed by atoms with Crippen LogP contribution in [0.4, 0.5) is 10.2 Å². The average Bonchev–Trinajstić information content (AvgIpc) is 2.35. The van der Waals surface area contributed by atoms with Crippen LogP contribution in [0.5, 0.6) is 0 Å². The Kier molecular flexibility index (Phi) is 5.96. The number of nitrogens with zero attached hydrogens (tertiary/aromatic N) is 2. The molecule has 0 aliphatic carbocycles. The minimum atomic E-state index is -0.244. The van der Waals surface area contributed by atoms with Crippen molar-refractivity contribution in [2.24, 2.45) is 0 Å². The van der Waals surface area contributed by atoms with Gasteiger partial charge in [0, 0.05) is 36.9 Å². The van der Waals surface area contributed by atoms with Crippen LogP contribution in [0.3, 0.4) is 0 Å². The lowest BCUT2D eigenvalue weighted by atomic mass is 10.2. The Morgan fingerprint density at radius 3 is 2.63 bits per heavy atom. The SMILES string of the molecule is C=CCN(c1nccc(CNC(C)C)c1F)C(C)C. The zero-order chi connectivity index (χ0) is 14.4. The van der Waals surface area contributed by atoms with Gasteiger partial charge in [0.2, 0.25) is 0 Å². The van der Waals surface area contributed by atoms with Crippen molar-refractivity contribution in [2.75, 3.05) is 11.4 Å². The Balaban J connectivity index is 3.00. The zero-order valence-corrected chi connectivity index (χ0v) is 12.3. The van der Waals surface area contributed by atoms with E-state index in [0.29, 0.717) is 30.5 Å². The molecule has 0 saturated carbocycles. The molecule has 0 radical (unpaired) electrons. The first-order valence-electron chi connectivity index (χ1n) is 6.71. The summed E-state index contributed by atoms with van der Waals surface area (Å²) in [7, 11) is 0. The van der Waals surface area contributed by atoms with Gasteiger partial charge in [-0.25, -0.2) is 9.37 Å². The molecule has 0 saturated heterocycles. The number of pyridine rings is 1. The van der Waals surface area contributed by atoms with E-state index in [0.717, 1.165) is 0 Å². The largest absolute Gasteiger partial charge is 0.348 e. The predicted molar refractivity (Wildman–Crippen MR) is 78.8 cm³/mol. The second-order valence-corrected chi connectivity index (χ2v) is 5.18. The molecule has 1 heterocycles. The van der Waals surface area contributed by atoms with Gasteiger partial charge in [0.15, 0.2) is 11.6 Å². The van der Waals surface area contributed by atoms with Crippen molar-refractivity contribution in [3.05, 3.63) is 36.3 Å². The molecule has 4 heteroatoms. The number of hydrogen-bond donors (Lipinski definition) is 1. The molecule has 1 N–H and O–H groups in total. The molecule has 19 heavy (non-hydrogen) atoms. The van der Waals surface area contributed by atoms with Crippen LogP contribution in [0.2, 0.25) is 0 Å². The van der Waals surface area contributed by atoms with Gasteiger partial charge in [-0.2, -0.15) is 0 Å². The summed E-state index contributed by atoms with van der Waals surface area (Å²) in [6, 6.07) is 2.22. The monoisotopic (exact) mass is 265 g/mol. The fraction of sp³-hybridized carbons (Fsp3) is 0.533. The summed E-state index contributed by atoms with van der Waals surface area (Å²) in [5.41, 5.74) is 0.647. The van der Waals surface area contributed by atoms with E-state index in [2.05, 4.69) is 16.9 Å². The summed E-state index contributed by atoms with van der Waals surface area (Å²) in [4.78, 5) is 6.09. The van der Waals surface area contributed by atoms with Crippen LogP contribution < -0.4 is 10.2 Å². The van der Waals surface area contributed by atoms with E-state index < -0.39 is 0 Å². The van der Waals surface area contributed by atoms with Crippen molar-refractivity contribution in [1.29, 1.82) is 0 Å². The topological polar surface area (TPSA) is 28.2 Å². The highest BCUT2D eigenvalue weighted by atomic mass is 19.1. The highest BCUT2D eigenvalue weighted by Gasteiger charge is 2.17. The van der Waals surface area contributed by atoms with Gasteiger partial charge in [-0.05, 0) is 19.9 Å². The number of aromatic nitrogens is 1. The van der Waals surface area contributed by atoms with Crippen molar-refractivity contribution in [2.45, 2.75) is 46.3 Å². The zero-order valence-electron chi connectivity index (χ0n) is 12.3. The molecule has 0 spiro atoms. The van der Waals surface area contributed by atoms with Crippen LogP contribution in [0, 0.1) is 5.82 Å². The molecule has 106 valence electrons. The average molecular weight is 265 g/mol. The molecular formula is C15H24FN3. The maximum absolute atomic E-state index is 14.5. The molecule has 0 unspecified atom stereocenters. The first-order chi connectivity index (χ1) is 8.97. The summed E-state index contributed by atoms with van der Waals surface area (Å²) in [6.45, 7) is 12.9. The Morgan fingerprint density at radius 1 is 1.42 bits per heavy atom. The van der Waals surface area contributed by atoms with Gasteiger partial charge in [-0.3, -0.25) is 0 Å². The van der Waals surface area contributed by atoms with Gasteiger partial charge in [0.05, 0.1) is 0 Å². The lowest BCUT2D eigenvalue weighted by Gasteiger charge is -2.27. The van der Waals surface area contributed by atoms with Crippen LogP contribution in [0.25, 0.3) is 0 Å². The van der Waals surface area contributed by atoms with E-state index in [9.17, 15) is 4.39 Å². The first kappa shape index (κ1) is 15.6. The minimum Gasteiger partial charge on any atom is -0.348 e. The number of rotatable bonds is 7. The number of anilines is 1. The number of hydrogen-bond acceptors (Lipinski definition) is 3. The fourth-order valence-corrected chi connectivity index (χ4v) is 1.80. The molecule has 0 amide bonds. The first-order valence-corrected chi connectivity index (χ1v) is 6.71. The Labute approximate surface area is 115 Å². The van der Waals surface area contributed by atoms with E-state index in [1.807, 2.05) is 32.6 Å². The Bertz CT molecular complexity index is 416. The van der Waals surface area contributed by atoms with Crippen molar-refractivity contribution in [3.63, 3.8) is 0 Å². The highest BCUT2D eigenvalue weighted by molar-refractivity contribution is 5.44. The highest BCUT2D eigenvalue weighted by Crippen LogP contribution is 2.21. The standard InChI is InChI=1S/C15H24FN3/c1-6-9-19(12(4)5)15-14(16)13(7-8-17-15)10-18-11(2)3/h6-8,11-12,18H,1,9-10H2,2-5H3. The van der Waals surface area contributed by atoms with Gasteiger partial charge in [-0.1, -0.05) is 19.9 Å². The third-order valence-electron chi connectivity index (χ3n) is 2.87. The van der Waals surface area contributed by atoms with Crippen LogP contribution >= 0.6 is 0 Å².